The van der Waals surface area contributed by atoms with Crippen molar-refractivity contribution < 1.29 is 14.6 Å². The lowest BCUT2D eigenvalue weighted by Crippen LogP contribution is -2.56. The molecule has 0 radical (unpaired) electrons. The number of carbonyl (C=O) groups excluding carboxylic acids is 1. The van der Waals surface area contributed by atoms with Gasteiger partial charge in [0.15, 0.2) is 17.7 Å². The fourth-order valence-corrected chi connectivity index (χ4v) is 2.80. The van der Waals surface area contributed by atoms with Crippen LogP contribution in [0.5, 0.6) is 5.75 Å². The maximum Gasteiger partial charge on any atom is 0.276 e. The number of amides is 1. The summed E-state index contributed by atoms with van der Waals surface area (Å²) in [7, 11) is 0. The van der Waals surface area contributed by atoms with Gasteiger partial charge < -0.3 is 19.3 Å². The van der Waals surface area contributed by atoms with Crippen LogP contribution in [0.2, 0.25) is 0 Å². The van der Waals surface area contributed by atoms with Crippen LogP contribution in [0.4, 0.5) is 0 Å². The summed E-state index contributed by atoms with van der Waals surface area (Å²) < 4.78 is 7.23. The number of nitrogens with zero attached hydrogens (tertiary/aromatic N) is 2. The summed E-state index contributed by atoms with van der Waals surface area (Å²) in [6.07, 6.45) is 2.05. The van der Waals surface area contributed by atoms with E-state index in [9.17, 15) is 14.7 Å². The fourth-order valence-electron chi connectivity index (χ4n) is 2.80. The van der Waals surface area contributed by atoms with E-state index in [0.717, 1.165) is 6.42 Å². The van der Waals surface area contributed by atoms with Gasteiger partial charge in [0.05, 0.1) is 13.2 Å². The van der Waals surface area contributed by atoms with Gasteiger partial charge in [0.2, 0.25) is 5.43 Å². The van der Waals surface area contributed by atoms with Crippen LogP contribution in [0.15, 0.2) is 11.0 Å². The third kappa shape index (κ3) is 1.67. The summed E-state index contributed by atoms with van der Waals surface area (Å²) in [5.41, 5.74) is 0.0131. The highest BCUT2D eigenvalue weighted by molar-refractivity contribution is 5.96. The highest BCUT2D eigenvalue weighted by Crippen LogP contribution is 2.28. The smallest absolute Gasteiger partial charge is 0.276 e. The third-order valence-electron chi connectivity index (χ3n) is 3.86. The van der Waals surface area contributed by atoms with E-state index in [0.29, 0.717) is 18.7 Å². The van der Waals surface area contributed by atoms with E-state index in [1.807, 2.05) is 6.92 Å². The molecule has 1 aromatic heterocycles. The summed E-state index contributed by atoms with van der Waals surface area (Å²) in [4.78, 5) is 25.9. The molecule has 0 aliphatic carbocycles. The number of hydrogen-bond acceptors (Lipinski definition) is 4. The molecule has 2 atom stereocenters. The number of aromatic nitrogens is 1. The maximum absolute atomic E-state index is 12.5. The number of ether oxygens (including phenoxy) is 1. The van der Waals surface area contributed by atoms with E-state index in [-0.39, 0.29) is 23.9 Å². The Kier molecular flexibility index (Phi) is 2.63. The zero-order valence-corrected chi connectivity index (χ0v) is 10.9. The Morgan fingerprint density at radius 2 is 2.16 bits per heavy atom. The fraction of sp³-hybridized carbons (Fsp3) is 0.538. The van der Waals surface area contributed by atoms with Crippen LogP contribution in [-0.4, -0.2) is 39.4 Å². The molecule has 2 aliphatic rings. The van der Waals surface area contributed by atoms with Crippen molar-refractivity contribution in [1.29, 1.82) is 0 Å². The summed E-state index contributed by atoms with van der Waals surface area (Å²) in [5, 5.41) is 9.95. The van der Waals surface area contributed by atoms with Gasteiger partial charge in [-0.05, 0) is 20.3 Å². The number of pyridine rings is 1. The van der Waals surface area contributed by atoms with Crippen molar-refractivity contribution in [2.24, 2.45) is 0 Å². The molecule has 0 bridgehead atoms. The number of aromatic hydroxyl groups is 1. The van der Waals surface area contributed by atoms with Gasteiger partial charge in [0, 0.05) is 17.8 Å². The van der Waals surface area contributed by atoms with Crippen LogP contribution < -0.4 is 5.43 Å². The number of fused-ring (bicyclic) bond motifs is 2. The number of rotatable bonds is 0. The van der Waals surface area contributed by atoms with E-state index in [2.05, 4.69) is 0 Å². The largest absolute Gasteiger partial charge is 0.503 e. The van der Waals surface area contributed by atoms with Gasteiger partial charge in [0.25, 0.3) is 5.91 Å². The van der Waals surface area contributed by atoms with Gasteiger partial charge in [0.1, 0.15) is 0 Å². The van der Waals surface area contributed by atoms with Crippen LogP contribution in [0.3, 0.4) is 0 Å². The lowest BCUT2D eigenvalue weighted by molar-refractivity contribution is -0.112. The summed E-state index contributed by atoms with van der Waals surface area (Å²) in [6.45, 7) is 4.64. The SMILES string of the molecule is Cc1cn2c(c(O)c1=O)C(=O)N1C(C)CCOC1C2. The van der Waals surface area contributed by atoms with E-state index in [4.69, 9.17) is 4.74 Å². The Hall–Kier alpha value is -1.82. The molecule has 0 saturated carbocycles. The Labute approximate surface area is 110 Å². The molecule has 102 valence electrons. The average Bonchev–Trinajstić information content (AvgIpc) is 2.35. The number of hydrogen-bond donors (Lipinski definition) is 1. The van der Waals surface area contributed by atoms with Crippen molar-refractivity contribution in [3.63, 3.8) is 0 Å². The van der Waals surface area contributed by atoms with Crippen LogP contribution in [0.1, 0.15) is 29.4 Å². The molecule has 1 amide bonds. The van der Waals surface area contributed by atoms with Gasteiger partial charge in [-0.3, -0.25) is 9.59 Å². The lowest BCUT2D eigenvalue weighted by atomic mass is 10.1. The molecule has 1 saturated heterocycles. The third-order valence-corrected chi connectivity index (χ3v) is 3.86. The maximum atomic E-state index is 12.5. The summed E-state index contributed by atoms with van der Waals surface area (Å²) in [5.74, 6) is -0.792. The molecule has 6 nitrogen and oxygen atoms in total. The molecule has 1 fully saturated rings. The van der Waals surface area contributed by atoms with E-state index in [1.165, 1.54) is 0 Å². The first-order valence-electron chi connectivity index (χ1n) is 6.38. The molecule has 19 heavy (non-hydrogen) atoms. The summed E-state index contributed by atoms with van der Waals surface area (Å²) in [6, 6.07) is 0.0517. The zero-order valence-electron chi connectivity index (χ0n) is 10.9. The average molecular weight is 264 g/mol. The van der Waals surface area contributed by atoms with Crippen LogP contribution in [0, 0.1) is 6.92 Å². The molecule has 0 aromatic carbocycles. The topological polar surface area (TPSA) is 71.8 Å². The predicted molar refractivity (Wildman–Crippen MR) is 67.1 cm³/mol. The minimum absolute atomic E-state index is 0.0517. The molecular formula is C13H16N2O4. The van der Waals surface area contributed by atoms with Gasteiger partial charge in [-0.15, -0.1) is 0 Å². The Bertz CT molecular complexity index is 607. The normalized spacial score (nSPS) is 26.0. The second-order valence-electron chi connectivity index (χ2n) is 5.17. The molecule has 0 spiro atoms. The van der Waals surface area contributed by atoms with Gasteiger partial charge >= 0.3 is 0 Å². The van der Waals surface area contributed by atoms with Crippen molar-refractivity contribution in [2.75, 3.05) is 6.61 Å². The molecule has 3 rings (SSSR count). The lowest BCUT2D eigenvalue weighted by Gasteiger charge is -2.44. The van der Waals surface area contributed by atoms with Crippen LogP contribution in [0.25, 0.3) is 0 Å². The van der Waals surface area contributed by atoms with Crippen LogP contribution in [-0.2, 0) is 11.3 Å². The summed E-state index contributed by atoms with van der Waals surface area (Å²) >= 11 is 0. The van der Waals surface area contributed by atoms with E-state index >= 15 is 0 Å². The van der Waals surface area contributed by atoms with Crippen molar-refractivity contribution in [3.05, 3.63) is 27.7 Å². The van der Waals surface area contributed by atoms with Crippen molar-refractivity contribution in [1.82, 2.24) is 9.47 Å². The minimum atomic E-state index is -0.483. The first-order valence-corrected chi connectivity index (χ1v) is 6.38. The minimum Gasteiger partial charge on any atom is -0.503 e. The van der Waals surface area contributed by atoms with Crippen LogP contribution >= 0.6 is 0 Å². The Morgan fingerprint density at radius 3 is 2.89 bits per heavy atom. The van der Waals surface area contributed by atoms with Crippen molar-refractivity contribution in [3.8, 4) is 5.75 Å². The van der Waals surface area contributed by atoms with E-state index in [1.54, 1.807) is 22.6 Å². The zero-order chi connectivity index (χ0) is 13.7. The van der Waals surface area contributed by atoms with Crippen molar-refractivity contribution >= 4 is 5.91 Å². The highest BCUT2D eigenvalue weighted by Gasteiger charge is 2.40. The van der Waals surface area contributed by atoms with Gasteiger partial charge in [-0.1, -0.05) is 0 Å². The molecule has 1 aromatic rings. The molecular weight excluding hydrogens is 248 g/mol. The molecule has 3 heterocycles. The first kappa shape index (κ1) is 12.2. The standard InChI is InChI=1S/C13H16N2O4/c1-7-5-14-6-9-15(8(2)3-4-19-9)13(18)10(14)12(17)11(7)16/h5,8-9,17H,3-4,6H2,1-2H3. The Morgan fingerprint density at radius 1 is 1.42 bits per heavy atom. The Balaban J connectivity index is 2.16. The monoisotopic (exact) mass is 264 g/mol. The highest BCUT2D eigenvalue weighted by atomic mass is 16.5. The molecule has 1 N–H and O–H groups in total. The quantitative estimate of drug-likeness (QED) is 0.738. The second kappa shape index (κ2) is 4.09. The molecule has 2 unspecified atom stereocenters. The predicted octanol–water partition coefficient (Wildman–Crippen LogP) is 0.453. The first-order chi connectivity index (χ1) is 9.00. The van der Waals surface area contributed by atoms with Gasteiger partial charge in [-0.2, -0.15) is 0 Å². The van der Waals surface area contributed by atoms with Gasteiger partial charge in [-0.25, -0.2) is 0 Å². The number of carbonyl (C=O) groups is 1. The second-order valence-corrected chi connectivity index (χ2v) is 5.17. The van der Waals surface area contributed by atoms with Crippen molar-refractivity contribution in [2.45, 2.75) is 39.1 Å². The molecule has 6 heteroatoms. The number of aryl methyl sites for hydroxylation is 1. The van der Waals surface area contributed by atoms with E-state index < -0.39 is 11.2 Å². The molecule has 2 aliphatic heterocycles.